The Hall–Kier alpha value is -1.84. The van der Waals surface area contributed by atoms with E-state index in [0.29, 0.717) is 6.54 Å². The van der Waals surface area contributed by atoms with E-state index in [4.69, 9.17) is 4.74 Å². The number of aryl methyl sites for hydroxylation is 2. The lowest BCUT2D eigenvalue weighted by atomic mass is 10.2. The van der Waals surface area contributed by atoms with Crippen molar-refractivity contribution >= 4 is 29.9 Å². The van der Waals surface area contributed by atoms with E-state index >= 15 is 0 Å². The lowest BCUT2D eigenvalue weighted by molar-refractivity contribution is 0.223. The third-order valence-electron chi connectivity index (χ3n) is 4.93. The van der Waals surface area contributed by atoms with Crippen molar-refractivity contribution in [1.29, 1.82) is 0 Å². The van der Waals surface area contributed by atoms with Crippen LogP contribution in [0.3, 0.4) is 0 Å². The van der Waals surface area contributed by atoms with Gasteiger partial charge in [0.2, 0.25) is 0 Å². The smallest absolute Gasteiger partial charge is 0.191 e. The number of benzene rings is 1. The number of halogens is 1. The Morgan fingerprint density at radius 3 is 2.90 bits per heavy atom. The van der Waals surface area contributed by atoms with Crippen molar-refractivity contribution in [3.8, 4) is 5.75 Å². The Balaban J connectivity index is 0.00000300. The zero-order chi connectivity index (χ0) is 19.8. The lowest BCUT2D eigenvalue weighted by Crippen LogP contribution is -2.42. The summed E-state index contributed by atoms with van der Waals surface area (Å²) in [6.07, 6.45) is 5.63. The second-order valence-electron chi connectivity index (χ2n) is 7.37. The Morgan fingerprint density at radius 2 is 2.10 bits per heavy atom. The van der Waals surface area contributed by atoms with Crippen LogP contribution in [0.4, 0.5) is 0 Å². The number of hydrogen-bond donors (Lipinski definition) is 2. The van der Waals surface area contributed by atoms with Crippen molar-refractivity contribution in [2.75, 3.05) is 20.1 Å². The summed E-state index contributed by atoms with van der Waals surface area (Å²) in [7, 11) is 1.78. The number of fused-ring (bicyclic) bond motifs is 1. The number of nitrogens with one attached hydrogen (secondary N) is 2. The van der Waals surface area contributed by atoms with E-state index in [1.54, 1.807) is 7.05 Å². The van der Waals surface area contributed by atoms with E-state index in [-0.39, 0.29) is 30.1 Å². The number of ether oxygens (including phenoxy) is 1. The highest BCUT2D eigenvalue weighted by Gasteiger charge is 2.14. The summed E-state index contributed by atoms with van der Waals surface area (Å²) in [4.78, 5) is 4.30. The zero-order valence-electron chi connectivity index (χ0n) is 17.6. The molecule has 0 fully saturated rings. The standard InChI is InChI=1S/C21H32N6O.HI/c1-16-8-7-9-18(14-16)28-17(2)15-24-21(22-3)23-12-11-20-26-25-19-10-5-4-6-13-27(19)20;/h7-9,14,17H,4-6,10-13,15H2,1-3H3,(H2,22,23,24);1H. The van der Waals surface area contributed by atoms with Crippen molar-refractivity contribution in [1.82, 2.24) is 25.4 Å². The monoisotopic (exact) mass is 512 g/mol. The molecule has 7 nitrogen and oxygen atoms in total. The van der Waals surface area contributed by atoms with Gasteiger partial charge in [0.25, 0.3) is 0 Å². The molecule has 1 aliphatic heterocycles. The number of aliphatic imine (C=N–C) groups is 1. The maximum Gasteiger partial charge on any atom is 0.191 e. The van der Waals surface area contributed by atoms with Gasteiger partial charge in [-0.25, -0.2) is 0 Å². The van der Waals surface area contributed by atoms with Gasteiger partial charge in [-0.15, -0.1) is 34.2 Å². The van der Waals surface area contributed by atoms with Crippen LogP contribution in [0, 0.1) is 6.92 Å². The molecule has 0 amide bonds. The summed E-state index contributed by atoms with van der Waals surface area (Å²) >= 11 is 0. The topological polar surface area (TPSA) is 76.4 Å². The van der Waals surface area contributed by atoms with Crippen LogP contribution in [0.5, 0.6) is 5.75 Å². The third-order valence-corrected chi connectivity index (χ3v) is 4.93. The van der Waals surface area contributed by atoms with Crippen molar-refractivity contribution in [3.63, 3.8) is 0 Å². The minimum absolute atomic E-state index is 0. The summed E-state index contributed by atoms with van der Waals surface area (Å²) in [6.45, 7) is 6.60. The fourth-order valence-electron chi connectivity index (χ4n) is 3.45. The fraction of sp³-hybridized carbons (Fsp3) is 0.571. The second kappa shape index (κ2) is 12.0. The highest BCUT2D eigenvalue weighted by molar-refractivity contribution is 14.0. The predicted octanol–water partition coefficient (Wildman–Crippen LogP) is 3.11. The van der Waals surface area contributed by atoms with Crippen molar-refractivity contribution in [2.24, 2.45) is 4.99 Å². The molecule has 1 unspecified atom stereocenters. The van der Waals surface area contributed by atoms with Crippen LogP contribution in [0.2, 0.25) is 0 Å². The van der Waals surface area contributed by atoms with Gasteiger partial charge in [-0.05, 0) is 44.4 Å². The molecular formula is C21H33IN6O. The van der Waals surface area contributed by atoms with Gasteiger partial charge in [-0.2, -0.15) is 0 Å². The Bertz CT molecular complexity index is 791. The first-order valence-electron chi connectivity index (χ1n) is 10.2. The molecule has 0 saturated heterocycles. The van der Waals surface area contributed by atoms with E-state index in [9.17, 15) is 0 Å². The summed E-state index contributed by atoms with van der Waals surface area (Å²) in [5.74, 6) is 3.87. The summed E-state index contributed by atoms with van der Waals surface area (Å²) in [5, 5.41) is 15.4. The molecule has 0 spiro atoms. The molecular weight excluding hydrogens is 479 g/mol. The average Bonchev–Trinajstić information content (AvgIpc) is 2.91. The van der Waals surface area contributed by atoms with Crippen molar-refractivity contribution < 1.29 is 4.74 Å². The van der Waals surface area contributed by atoms with Crippen LogP contribution in [0.1, 0.15) is 43.4 Å². The van der Waals surface area contributed by atoms with Gasteiger partial charge in [0, 0.05) is 33.0 Å². The normalized spacial score (nSPS) is 14.9. The molecule has 8 heteroatoms. The molecule has 3 rings (SSSR count). The molecule has 1 aromatic heterocycles. The van der Waals surface area contributed by atoms with E-state index in [2.05, 4.69) is 43.4 Å². The molecule has 1 aromatic carbocycles. The molecule has 2 N–H and O–H groups in total. The molecule has 0 radical (unpaired) electrons. The number of hydrogen-bond acceptors (Lipinski definition) is 4. The first kappa shape index (κ1) is 23.4. The van der Waals surface area contributed by atoms with Gasteiger partial charge in [0.05, 0.1) is 6.54 Å². The largest absolute Gasteiger partial charge is 0.489 e. The van der Waals surface area contributed by atoms with E-state index in [0.717, 1.165) is 49.3 Å². The maximum atomic E-state index is 5.96. The molecule has 0 bridgehead atoms. The molecule has 2 heterocycles. The zero-order valence-corrected chi connectivity index (χ0v) is 20.0. The fourth-order valence-corrected chi connectivity index (χ4v) is 3.45. The number of aromatic nitrogens is 3. The Kier molecular flexibility index (Phi) is 9.69. The van der Waals surface area contributed by atoms with Crippen LogP contribution >= 0.6 is 24.0 Å². The van der Waals surface area contributed by atoms with Crippen LogP contribution in [0.25, 0.3) is 0 Å². The van der Waals surface area contributed by atoms with Gasteiger partial charge >= 0.3 is 0 Å². The van der Waals surface area contributed by atoms with Gasteiger partial charge in [-0.3, -0.25) is 4.99 Å². The number of rotatable bonds is 7. The first-order valence-corrected chi connectivity index (χ1v) is 10.2. The predicted molar refractivity (Wildman–Crippen MR) is 127 cm³/mol. The first-order chi connectivity index (χ1) is 13.7. The second-order valence-corrected chi connectivity index (χ2v) is 7.37. The number of guanidine groups is 1. The van der Waals surface area contributed by atoms with Crippen LogP contribution in [-0.4, -0.2) is 47.0 Å². The maximum absolute atomic E-state index is 5.96. The van der Waals surface area contributed by atoms with Crippen LogP contribution in [-0.2, 0) is 19.4 Å². The van der Waals surface area contributed by atoms with Crippen LogP contribution in [0.15, 0.2) is 29.3 Å². The molecule has 160 valence electrons. The number of nitrogens with zero attached hydrogens (tertiary/aromatic N) is 4. The van der Waals surface area contributed by atoms with Gasteiger partial charge < -0.3 is 19.9 Å². The SMILES string of the molecule is CN=C(NCCc1nnc2n1CCCCC2)NCC(C)Oc1cccc(C)c1.I. The average molecular weight is 512 g/mol. The van der Waals surface area contributed by atoms with Crippen molar-refractivity contribution in [3.05, 3.63) is 41.5 Å². The quantitative estimate of drug-likeness (QED) is 0.339. The molecule has 1 aliphatic rings. The van der Waals surface area contributed by atoms with Crippen LogP contribution < -0.4 is 15.4 Å². The molecule has 0 aliphatic carbocycles. The van der Waals surface area contributed by atoms with Gasteiger partial charge in [-0.1, -0.05) is 18.6 Å². The third kappa shape index (κ3) is 7.17. The minimum Gasteiger partial charge on any atom is -0.489 e. The Morgan fingerprint density at radius 1 is 1.24 bits per heavy atom. The van der Waals surface area contributed by atoms with Crippen molar-refractivity contribution in [2.45, 2.75) is 58.6 Å². The summed E-state index contributed by atoms with van der Waals surface area (Å²) in [5.41, 5.74) is 1.20. The molecule has 0 saturated carbocycles. The van der Waals surface area contributed by atoms with Gasteiger partial charge in [0.15, 0.2) is 5.96 Å². The molecule has 2 aromatic rings. The lowest BCUT2D eigenvalue weighted by Gasteiger charge is -2.18. The van der Waals surface area contributed by atoms with E-state index in [1.807, 2.05) is 25.1 Å². The highest BCUT2D eigenvalue weighted by atomic mass is 127. The highest BCUT2D eigenvalue weighted by Crippen LogP contribution is 2.15. The summed E-state index contributed by atoms with van der Waals surface area (Å²) in [6, 6.07) is 8.11. The molecule has 29 heavy (non-hydrogen) atoms. The van der Waals surface area contributed by atoms with Gasteiger partial charge in [0.1, 0.15) is 23.5 Å². The Labute approximate surface area is 190 Å². The molecule has 1 atom stereocenters. The van der Waals surface area contributed by atoms with E-state index in [1.165, 1.54) is 24.8 Å². The summed E-state index contributed by atoms with van der Waals surface area (Å²) < 4.78 is 8.25. The minimum atomic E-state index is 0. The van der Waals surface area contributed by atoms with E-state index < -0.39 is 0 Å².